The molecule has 1 aromatic carbocycles. The Hall–Kier alpha value is -2.62. The summed E-state index contributed by atoms with van der Waals surface area (Å²) in [5, 5.41) is 0. The fraction of sp³-hybridized carbons (Fsp3) is 0.0667. The highest BCUT2D eigenvalue weighted by atomic mass is 15.1. The second kappa shape index (κ2) is 4.57. The van der Waals surface area contributed by atoms with Crippen molar-refractivity contribution >= 4 is 5.69 Å². The van der Waals surface area contributed by atoms with Crippen LogP contribution in [0.25, 0.3) is 16.9 Å². The number of nitrogens with zero attached hydrogens (tertiary/aromatic N) is 3. The van der Waals surface area contributed by atoms with Gasteiger partial charge in [0.05, 0.1) is 18.2 Å². The molecule has 0 atom stereocenters. The summed E-state index contributed by atoms with van der Waals surface area (Å²) >= 11 is 0. The standard InChI is InChI=1S/C15H14N4/c1-11-2-4-12(5-3-11)19-10-18-9-15(19)13-8-17-7-6-14(13)16/h2-10H,1H3,(H2,16,17). The van der Waals surface area contributed by atoms with Crippen LogP contribution in [-0.2, 0) is 0 Å². The fourth-order valence-electron chi connectivity index (χ4n) is 2.02. The summed E-state index contributed by atoms with van der Waals surface area (Å²) in [6.45, 7) is 2.07. The van der Waals surface area contributed by atoms with Gasteiger partial charge in [0.1, 0.15) is 0 Å². The Balaban J connectivity index is 2.13. The number of hydrogen-bond donors (Lipinski definition) is 1. The second-order valence-electron chi connectivity index (χ2n) is 4.45. The maximum atomic E-state index is 6.00. The molecule has 4 heteroatoms. The largest absolute Gasteiger partial charge is 0.398 e. The Kier molecular flexibility index (Phi) is 2.76. The third-order valence-corrected chi connectivity index (χ3v) is 3.08. The third kappa shape index (κ3) is 2.08. The highest BCUT2D eigenvalue weighted by molar-refractivity contribution is 5.73. The molecule has 2 heterocycles. The highest BCUT2D eigenvalue weighted by Gasteiger charge is 2.09. The molecule has 0 bridgehead atoms. The molecule has 3 aromatic rings. The predicted molar refractivity (Wildman–Crippen MR) is 75.9 cm³/mol. The van der Waals surface area contributed by atoms with Crippen molar-refractivity contribution in [2.45, 2.75) is 6.92 Å². The molecule has 2 N–H and O–H groups in total. The SMILES string of the molecule is Cc1ccc(-n2cncc2-c2cnccc2N)cc1. The van der Waals surface area contributed by atoms with Gasteiger partial charge in [-0.1, -0.05) is 17.7 Å². The van der Waals surface area contributed by atoms with Crippen LogP contribution in [0.2, 0.25) is 0 Å². The number of anilines is 1. The average Bonchev–Trinajstić information content (AvgIpc) is 2.89. The second-order valence-corrected chi connectivity index (χ2v) is 4.45. The van der Waals surface area contributed by atoms with Crippen molar-refractivity contribution < 1.29 is 0 Å². The molecule has 0 spiro atoms. The Bertz CT molecular complexity index is 698. The molecule has 0 saturated carbocycles. The molecule has 0 unspecified atom stereocenters. The van der Waals surface area contributed by atoms with E-state index in [0.717, 1.165) is 16.9 Å². The molecule has 2 aromatic heterocycles. The normalized spacial score (nSPS) is 10.6. The minimum atomic E-state index is 0.698. The van der Waals surface area contributed by atoms with Crippen LogP contribution in [0.1, 0.15) is 5.56 Å². The number of hydrogen-bond acceptors (Lipinski definition) is 3. The van der Waals surface area contributed by atoms with Crippen molar-refractivity contribution in [3.05, 3.63) is 60.8 Å². The van der Waals surface area contributed by atoms with E-state index in [0.29, 0.717) is 5.69 Å². The van der Waals surface area contributed by atoms with Gasteiger partial charge in [-0.15, -0.1) is 0 Å². The molecule has 0 radical (unpaired) electrons. The number of aryl methyl sites for hydroxylation is 1. The lowest BCUT2D eigenvalue weighted by atomic mass is 10.1. The Morgan fingerprint density at radius 1 is 1.00 bits per heavy atom. The number of aromatic nitrogens is 3. The first-order chi connectivity index (χ1) is 9.25. The number of imidazole rings is 1. The number of benzene rings is 1. The number of pyridine rings is 1. The zero-order chi connectivity index (χ0) is 13.2. The van der Waals surface area contributed by atoms with E-state index in [1.807, 2.05) is 4.57 Å². The predicted octanol–water partition coefficient (Wildman–Crippen LogP) is 2.82. The summed E-state index contributed by atoms with van der Waals surface area (Å²) in [5.74, 6) is 0. The lowest BCUT2D eigenvalue weighted by Gasteiger charge is -2.10. The van der Waals surface area contributed by atoms with Crippen LogP contribution >= 0.6 is 0 Å². The topological polar surface area (TPSA) is 56.7 Å². The molecule has 4 nitrogen and oxygen atoms in total. The zero-order valence-electron chi connectivity index (χ0n) is 10.6. The van der Waals surface area contributed by atoms with Gasteiger partial charge in [0.25, 0.3) is 0 Å². The molecular weight excluding hydrogens is 236 g/mol. The van der Waals surface area contributed by atoms with E-state index in [1.165, 1.54) is 5.56 Å². The van der Waals surface area contributed by atoms with Gasteiger partial charge in [0.2, 0.25) is 0 Å². The van der Waals surface area contributed by atoms with Crippen LogP contribution in [0.15, 0.2) is 55.2 Å². The van der Waals surface area contributed by atoms with Crippen LogP contribution in [-0.4, -0.2) is 14.5 Å². The first kappa shape index (κ1) is 11.5. The monoisotopic (exact) mass is 250 g/mol. The van der Waals surface area contributed by atoms with Crippen molar-refractivity contribution in [3.63, 3.8) is 0 Å². The summed E-state index contributed by atoms with van der Waals surface area (Å²) in [6.07, 6.45) is 7.03. The van der Waals surface area contributed by atoms with Crippen LogP contribution in [0.4, 0.5) is 5.69 Å². The maximum absolute atomic E-state index is 6.00. The van der Waals surface area contributed by atoms with Crippen molar-refractivity contribution in [2.24, 2.45) is 0 Å². The van der Waals surface area contributed by atoms with Gasteiger partial charge in [0.15, 0.2) is 0 Å². The highest BCUT2D eigenvalue weighted by Crippen LogP contribution is 2.26. The molecule has 19 heavy (non-hydrogen) atoms. The summed E-state index contributed by atoms with van der Waals surface area (Å²) in [5.41, 5.74) is 10.8. The smallest absolute Gasteiger partial charge is 0.0997 e. The van der Waals surface area contributed by atoms with Crippen LogP contribution in [0.5, 0.6) is 0 Å². The molecule has 0 saturated heterocycles. The molecule has 0 aliphatic rings. The van der Waals surface area contributed by atoms with Crippen molar-refractivity contribution in [1.29, 1.82) is 0 Å². The van der Waals surface area contributed by atoms with Gasteiger partial charge in [-0.05, 0) is 25.1 Å². The number of nitrogens with two attached hydrogens (primary N) is 1. The third-order valence-electron chi connectivity index (χ3n) is 3.08. The lowest BCUT2D eigenvalue weighted by Crippen LogP contribution is -1.98. The van der Waals surface area contributed by atoms with Gasteiger partial charge < -0.3 is 5.73 Å². The van der Waals surface area contributed by atoms with Crippen LogP contribution in [0, 0.1) is 6.92 Å². The summed E-state index contributed by atoms with van der Waals surface area (Å²) in [4.78, 5) is 8.35. The average molecular weight is 250 g/mol. The van der Waals surface area contributed by atoms with Crippen molar-refractivity contribution in [3.8, 4) is 16.9 Å². The van der Waals surface area contributed by atoms with E-state index >= 15 is 0 Å². The van der Waals surface area contributed by atoms with Gasteiger partial charge in [-0.3, -0.25) is 9.55 Å². The van der Waals surface area contributed by atoms with Gasteiger partial charge in [-0.25, -0.2) is 4.98 Å². The summed E-state index contributed by atoms with van der Waals surface area (Å²) < 4.78 is 2.01. The number of nitrogen functional groups attached to an aromatic ring is 1. The zero-order valence-corrected chi connectivity index (χ0v) is 10.6. The van der Waals surface area contributed by atoms with Crippen LogP contribution < -0.4 is 5.73 Å². The van der Waals surface area contributed by atoms with Crippen molar-refractivity contribution in [1.82, 2.24) is 14.5 Å². The van der Waals surface area contributed by atoms with E-state index in [2.05, 4.69) is 41.2 Å². The van der Waals surface area contributed by atoms with E-state index in [-0.39, 0.29) is 0 Å². The summed E-state index contributed by atoms with van der Waals surface area (Å²) in [6, 6.07) is 10.1. The minimum Gasteiger partial charge on any atom is -0.398 e. The van der Waals surface area contributed by atoms with Gasteiger partial charge in [0, 0.05) is 29.3 Å². The van der Waals surface area contributed by atoms with E-state index < -0.39 is 0 Å². The first-order valence-electron chi connectivity index (χ1n) is 6.05. The summed E-state index contributed by atoms with van der Waals surface area (Å²) in [7, 11) is 0. The van der Waals surface area contributed by atoms with E-state index in [4.69, 9.17) is 5.73 Å². The lowest BCUT2D eigenvalue weighted by molar-refractivity contribution is 1.06. The van der Waals surface area contributed by atoms with Gasteiger partial charge in [-0.2, -0.15) is 0 Å². The van der Waals surface area contributed by atoms with E-state index in [1.54, 1.807) is 31.0 Å². The van der Waals surface area contributed by atoms with Gasteiger partial charge >= 0.3 is 0 Å². The quantitative estimate of drug-likeness (QED) is 0.760. The maximum Gasteiger partial charge on any atom is 0.0997 e. The Morgan fingerprint density at radius 2 is 1.79 bits per heavy atom. The molecule has 0 aliphatic heterocycles. The molecule has 3 rings (SSSR count). The Morgan fingerprint density at radius 3 is 2.53 bits per heavy atom. The van der Waals surface area contributed by atoms with E-state index in [9.17, 15) is 0 Å². The minimum absolute atomic E-state index is 0.698. The number of rotatable bonds is 2. The molecule has 94 valence electrons. The van der Waals surface area contributed by atoms with Crippen LogP contribution in [0.3, 0.4) is 0 Å². The van der Waals surface area contributed by atoms with Crippen molar-refractivity contribution in [2.75, 3.05) is 5.73 Å². The molecule has 0 amide bonds. The molecule has 0 fully saturated rings. The molecular formula is C15H14N4. The first-order valence-corrected chi connectivity index (χ1v) is 6.05. The fourth-order valence-corrected chi connectivity index (χ4v) is 2.02. The Labute approximate surface area is 111 Å². The molecule has 0 aliphatic carbocycles.